The number of hydrogen-bond donors (Lipinski definition) is 1. The minimum atomic E-state index is 0.133. The Kier molecular flexibility index (Phi) is 4.85. The van der Waals surface area contributed by atoms with E-state index in [0.717, 1.165) is 26.1 Å². The van der Waals surface area contributed by atoms with Gasteiger partial charge in [-0.3, -0.25) is 4.68 Å². The van der Waals surface area contributed by atoms with E-state index in [2.05, 4.69) is 42.4 Å². The number of nitrogens with zero attached hydrogens (tertiary/aromatic N) is 3. The molecule has 0 unspecified atom stereocenters. The average molecular weight is 334 g/mol. The molecule has 6 heteroatoms. The van der Waals surface area contributed by atoms with Crippen LogP contribution in [0.5, 0.6) is 0 Å². The molecule has 1 N–H and O–H groups in total. The van der Waals surface area contributed by atoms with Gasteiger partial charge in [-0.1, -0.05) is 20.8 Å². The molecule has 0 bridgehead atoms. The lowest BCUT2D eigenvalue weighted by Crippen LogP contribution is -2.24. The maximum atomic E-state index is 5.91. The van der Waals surface area contributed by atoms with Crippen molar-refractivity contribution in [3.05, 3.63) is 34.0 Å². The lowest BCUT2D eigenvalue weighted by atomic mass is 9.97. The zero-order valence-corrected chi connectivity index (χ0v) is 15.2. The molecule has 0 saturated carbocycles. The van der Waals surface area contributed by atoms with Crippen LogP contribution in [0, 0.1) is 5.92 Å². The number of aryl methyl sites for hydroxylation is 1. The number of aromatic nitrogens is 3. The zero-order valence-electron chi connectivity index (χ0n) is 14.4. The number of thiazole rings is 1. The van der Waals surface area contributed by atoms with Gasteiger partial charge in [0.25, 0.3) is 0 Å². The summed E-state index contributed by atoms with van der Waals surface area (Å²) in [7, 11) is 1.95. The highest BCUT2D eigenvalue weighted by molar-refractivity contribution is 7.11. The number of ether oxygens (including phenoxy) is 1. The van der Waals surface area contributed by atoms with Crippen molar-refractivity contribution in [1.82, 2.24) is 20.1 Å². The van der Waals surface area contributed by atoms with Crippen LogP contribution in [0.4, 0.5) is 0 Å². The second-order valence-corrected chi connectivity index (χ2v) is 8.42. The smallest absolute Gasteiger partial charge is 0.0981 e. The van der Waals surface area contributed by atoms with E-state index >= 15 is 0 Å². The molecule has 1 fully saturated rings. The van der Waals surface area contributed by atoms with Crippen molar-refractivity contribution in [2.75, 3.05) is 13.2 Å². The Morgan fingerprint density at radius 2 is 2.22 bits per heavy atom. The maximum absolute atomic E-state index is 5.91. The molecule has 1 saturated heterocycles. The Bertz CT molecular complexity index is 643. The molecule has 1 aliphatic heterocycles. The van der Waals surface area contributed by atoms with Gasteiger partial charge in [0.2, 0.25) is 0 Å². The van der Waals surface area contributed by atoms with E-state index in [9.17, 15) is 0 Å². The van der Waals surface area contributed by atoms with Gasteiger partial charge in [-0.25, -0.2) is 4.98 Å². The summed E-state index contributed by atoms with van der Waals surface area (Å²) in [5.41, 5.74) is 1.32. The first-order chi connectivity index (χ1) is 10.9. The number of hydrogen-bond acceptors (Lipinski definition) is 5. The van der Waals surface area contributed by atoms with Crippen molar-refractivity contribution < 1.29 is 4.74 Å². The lowest BCUT2D eigenvalue weighted by molar-refractivity contribution is 0.0904. The van der Waals surface area contributed by atoms with Crippen LogP contribution in [0.25, 0.3) is 0 Å². The molecule has 3 rings (SSSR count). The zero-order chi connectivity index (χ0) is 16.4. The van der Waals surface area contributed by atoms with Gasteiger partial charge in [-0.15, -0.1) is 11.3 Å². The first kappa shape index (κ1) is 16.6. The molecule has 1 aliphatic rings. The topological polar surface area (TPSA) is 52.0 Å². The summed E-state index contributed by atoms with van der Waals surface area (Å²) in [6.45, 7) is 9.29. The summed E-state index contributed by atoms with van der Waals surface area (Å²) in [6.07, 6.45) is 7.25. The van der Waals surface area contributed by atoms with Crippen molar-refractivity contribution >= 4 is 11.3 Å². The normalized spacial score (nSPS) is 21.9. The van der Waals surface area contributed by atoms with Crippen molar-refractivity contribution in [1.29, 1.82) is 0 Å². The van der Waals surface area contributed by atoms with Gasteiger partial charge in [0.05, 0.1) is 17.3 Å². The monoisotopic (exact) mass is 334 g/mol. The summed E-state index contributed by atoms with van der Waals surface area (Å²) in [4.78, 5) is 5.84. The van der Waals surface area contributed by atoms with Gasteiger partial charge >= 0.3 is 0 Å². The second kappa shape index (κ2) is 6.71. The van der Waals surface area contributed by atoms with Crippen molar-refractivity contribution in [3.63, 3.8) is 0 Å². The molecule has 3 heterocycles. The van der Waals surface area contributed by atoms with Crippen LogP contribution >= 0.6 is 11.3 Å². The molecule has 0 spiro atoms. The van der Waals surface area contributed by atoms with Crippen LogP contribution in [0.1, 0.15) is 48.7 Å². The van der Waals surface area contributed by atoms with Crippen LogP contribution in [0.2, 0.25) is 0 Å². The molecule has 2 aromatic heterocycles. The molecular weight excluding hydrogens is 308 g/mol. The van der Waals surface area contributed by atoms with Crippen molar-refractivity contribution in [2.45, 2.75) is 45.3 Å². The summed E-state index contributed by atoms with van der Waals surface area (Å²) >= 11 is 1.80. The summed E-state index contributed by atoms with van der Waals surface area (Å²) in [5, 5.41) is 9.04. The molecule has 0 radical (unpaired) electrons. The summed E-state index contributed by atoms with van der Waals surface area (Å²) in [5.74, 6) is 0.509. The molecule has 0 amide bonds. The van der Waals surface area contributed by atoms with Gasteiger partial charge in [0, 0.05) is 60.9 Å². The predicted octanol–water partition coefficient (Wildman–Crippen LogP) is 3.04. The van der Waals surface area contributed by atoms with E-state index in [4.69, 9.17) is 4.74 Å². The van der Waals surface area contributed by atoms with Crippen molar-refractivity contribution in [3.8, 4) is 0 Å². The van der Waals surface area contributed by atoms with Gasteiger partial charge in [-0.2, -0.15) is 5.10 Å². The Hall–Kier alpha value is -1.24. The summed E-state index contributed by atoms with van der Waals surface area (Å²) in [6, 6.07) is 0. The fourth-order valence-electron chi connectivity index (χ4n) is 2.92. The molecule has 2 atom stereocenters. The van der Waals surface area contributed by atoms with Gasteiger partial charge < -0.3 is 10.1 Å². The molecular formula is C17H26N4OS. The van der Waals surface area contributed by atoms with Crippen LogP contribution in [0.15, 0.2) is 18.6 Å². The van der Waals surface area contributed by atoms with E-state index in [1.807, 2.05) is 24.1 Å². The number of rotatable bonds is 5. The van der Waals surface area contributed by atoms with E-state index in [0.29, 0.717) is 5.92 Å². The van der Waals surface area contributed by atoms with Crippen LogP contribution < -0.4 is 5.32 Å². The maximum Gasteiger partial charge on any atom is 0.0981 e. The Balaban J connectivity index is 1.53. The van der Waals surface area contributed by atoms with Gasteiger partial charge in [0.15, 0.2) is 0 Å². The first-order valence-corrected chi connectivity index (χ1v) is 9.01. The molecule has 2 aromatic rings. The first-order valence-electron chi connectivity index (χ1n) is 8.19. The standard InChI is InChI=1S/C17H26N4OS/c1-17(2,3)16-19-10-14(23-16)9-18-7-12-5-6-22-15(12)13-8-20-21(4)11-13/h8,10-12,15,18H,5-7,9H2,1-4H3/t12-,15+/m1/s1. The highest BCUT2D eigenvalue weighted by atomic mass is 32.1. The van der Waals surface area contributed by atoms with Gasteiger partial charge in [0.1, 0.15) is 0 Å². The van der Waals surface area contributed by atoms with E-state index in [1.54, 1.807) is 11.3 Å². The molecule has 0 aliphatic carbocycles. The third kappa shape index (κ3) is 4.00. The molecule has 126 valence electrons. The quantitative estimate of drug-likeness (QED) is 0.913. The minimum absolute atomic E-state index is 0.133. The Morgan fingerprint density at radius 3 is 2.87 bits per heavy atom. The van der Waals surface area contributed by atoms with Crippen LogP contribution in [0.3, 0.4) is 0 Å². The average Bonchev–Trinajstić information content (AvgIpc) is 3.17. The fraction of sp³-hybridized carbons (Fsp3) is 0.647. The predicted molar refractivity (Wildman–Crippen MR) is 92.5 cm³/mol. The highest BCUT2D eigenvalue weighted by Gasteiger charge is 2.30. The third-order valence-corrected chi connectivity index (χ3v) is 5.59. The lowest BCUT2D eigenvalue weighted by Gasteiger charge is -2.17. The highest BCUT2D eigenvalue weighted by Crippen LogP contribution is 2.34. The van der Waals surface area contributed by atoms with Gasteiger partial charge in [-0.05, 0) is 6.42 Å². The van der Waals surface area contributed by atoms with Crippen LogP contribution in [-0.2, 0) is 23.7 Å². The Labute approximate surface area is 142 Å². The SMILES string of the molecule is Cn1cc([C@H]2OCC[C@@H]2CNCc2cnc(C(C)(C)C)s2)cn1. The molecule has 23 heavy (non-hydrogen) atoms. The summed E-state index contributed by atoms with van der Waals surface area (Å²) < 4.78 is 7.75. The van der Waals surface area contributed by atoms with E-state index in [-0.39, 0.29) is 11.5 Å². The van der Waals surface area contributed by atoms with E-state index < -0.39 is 0 Å². The minimum Gasteiger partial charge on any atom is -0.373 e. The number of nitrogens with one attached hydrogen (secondary N) is 1. The van der Waals surface area contributed by atoms with E-state index in [1.165, 1.54) is 15.4 Å². The third-order valence-electron chi connectivity index (χ3n) is 4.17. The molecule has 5 nitrogen and oxygen atoms in total. The second-order valence-electron chi connectivity index (χ2n) is 7.30. The Morgan fingerprint density at radius 1 is 1.39 bits per heavy atom. The van der Waals surface area contributed by atoms with Crippen LogP contribution in [-0.4, -0.2) is 27.9 Å². The fourth-order valence-corrected chi connectivity index (χ4v) is 3.85. The molecule has 0 aromatic carbocycles. The van der Waals surface area contributed by atoms with Crippen molar-refractivity contribution in [2.24, 2.45) is 13.0 Å². The largest absolute Gasteiger partial charge is 0.373 e.